The summed E-state index contributed by atoms with van der Waals surface area (Å²) in [5, 5.41) is 12.1. The van der Waals surface area contributed by atoms with E-state index in [0.29, 0.717) is 12.5 Å². The fourth-order valence-electron chi connectivity index (χ4n) is 2.11. The van der Waals surface area contributed by atoms with Gasteiger partial charge in [-0.1, -0.05) is 30.3 Å². The van der Waals surface area contributed by atoms with E-state index in [1.54, 1.807) is 0 Å². The molecule has 0 spiro atoms. The van der Waals surface area contributed by atoms with Crippen LogP contribution in [0.3, 0.4) is 0 Å². The molecule has 1 heterocycles. The van der Waals surface area contributed by atoms with Crippen LogP contribution in [-0.4, -0.2) is 24.2 Å². The smallest absolute Gasteiger partial charge is 0.307 e. The van der Waals surface area contributed by atoms with Crippen molar-refractivity contribution in [2.45, 2.75) is 12.3 Å². The Balaban J connectivity index is 0.00000128. The minimum atomic E-state index is -0.692. The molecule has 2 unspecified atom stereocenters. The minimum Gasteiger partial charge on any atom is -0.481 e. The third-order valence-electron chi connectivity index (χ3n) is 2.97. The van der Waals surface area contributed by atoms with Crippen molar-refractivity contribution in [3.63, 3.8) is 0 Å². The molecule has 1 saturated heterocycles. The fraction of sp³-hybridized carbons (Fsp3) is 0.417. The standard InChI is InChI=1S/C12H15NO2.ClH/c14-12(15)11-6-10(7-13-8-11)9-4-2-1-3-5-9;/h1-5,10-11,13H,6-8H2,(H,14,15);1H. The molecule has 88 valence electrons. The molecule has 1 aromatic carbocycles. The molecule has 0 aromatic heterocycles. The van der Waals surface area contributed by atoms with Crippen LogP contribution in [0.15, 0.2) is 30.3 Å². The molecule has 1 aromatic rings. The van der Waals surface area contributed by atoms with Crippen molar-refractivity contribution in [2.75, 3.05) is 13.1 Å². The average molecular weight is 242 g/mol. The SMILES string of the molecule is Cl.O=C(O)C1CNCC(c2ccccc2)C1. The molecule has 16 heavy (non-hydrogen) atoms. The fourth-order valence-corrected chi connectivity index (χ4v) is 2.11. The molecule has 0 radical (unpaired) electrons. The van der Waals surface area contributed by atoms with Gasteiger partial charge in [-0.25, -0.2) is 0 Å². The number of piperidine rings is 1. The van der Waals surface area contributed by atoms with Gasteiger partial charge < -0.3 is 10.4 Å². The summed E-state index contributed by atoms with van der Waals surface area (Å²) in [6.07, 6.45) is 0.742. The first-order valence-electron chi connectivity index (χ1n) is 5.26. The Bertz CT molecular complexity index is 342. The van der Waals surface area contributed by atoms with Crippen LogP contribution in [0, 0.1) is 5.92 Å². The third kappa shape index (κ3) is 2.97. The highest BCUT2D eigenvalue weighted by atomic mass is 35.5. The monoisotopic (exact) mass is 241 g/mol. The molecule has 2 rings (SSSR count). The topological polar surface area (TPSA) is 49.3 Å². The van der Waals surface area contributed by atoms with Gasteiger partial charge in [0, 0.05) is 13.1 Å². The van der Waals surface area contributed by atoms with Gasteiger partial charge in [-0.3, -0.25) is 4.79 Å². The molecule has 1 aliphatic rings. The van der Waals surface area contributed by atoms with E-state index in [4.69, 9.17) is 5.11 Å². The lowest BCUT2D eigenvalue weighted by atomic mass is 9.86. The van der Waals surface area contributed by atoms with E-state index in [9.17, 15) is 4.79 Å². The van der Waals surface area contributed by atoms with Crippen LogP contribution in [0.4, 0.5) is 0 Å². The minimum absolute atomic E-state index is 0. The Morgan fingerprint density at radius 3 is 2.56 bits per heavy atom. The largest absolute Gasteiger partial charge is 0.481 e. The first kappa shape index (κ1) is 13.0. The van der Waals surface area contributed by atoms with Gasteiger partial charge in [0.15, 0.2) is 0 Å². The molecule has 1 fully saturated rings. The molecular weight excluding hydrogens is 226 g/mol. The Labute approximate surface area is 101 Å². The number of nitrogens with one attached hydrogen (secondary N) is 1. The highest BCUT2D eigenvalue weighted by molar-refractivity contribution is 5.85. The Kier molecular flexibility index (Phi) is 4.77. The maximum atomic E-state index is 10.9. The van der Waals surface area contributed by atoms with E-state index >= 15 is 0 Å². The van der Waals surface area contributed by atoms with Crippen molar-refractivity contribution in [3.8, 4) is 0 Å². The maximum absolute atomic E-state index is 10.9. The molecule has 1 aliphatic heterocycles. The lowest BCUT2D eigenvalue weighted by Crippen LogP contribution is -2.38. The van der Waals surface area contributed by atoms with Gasteiger partial charge in [0.05, 0.1) is 5.92 Å². The van der Waals surface area contributed by atoms with Crippen molar-refractivity contribution >= 4 is 18.4 Å². The summed E-state index contributed by atoms with van der Waals surface area (Å²) in [6.45, 7) is 1.48. The number of halogens is 1. The second-order valence-corrected chi connectivity index (χ2v) is 4.04. The van der Waals surface area contributed by atoms with Gasteiger partial charge in [0.2, 0.25) is 0 Å². The number of aliphatic carboxylic acids is 1. The zero-order valence-corrected chi connectivity index (χ0v) is 9.74. The molecule has 0 amide bonds. The summed E-state index contributed by atoms with van der Waals surface area (Å²) in [5.41, 5.74) is 1.23. The number of carboxylic acids is 1. The summed E-state index contributed by atoms with van der Waals surface area (Å²) in [5.74, 6) is -0.604. The maximum Gasteiger partial charge on any atom is 0.307 e. The molecule has 2 atom stereocenters. The van der Waals surface area contributed by atoms with Gasteiger partial charge >= 0.3 is 5.97 Å². The van der Waals surface area contributed by atoms with Crippen LogP contribution in [0.25, 0.3) is 0 Å². The predicted octanol–water partition coefficient (Wildman–Crippen LogP) is 1.89. The van der Waals surface area contributed by atoms with Gasteiger partial charge in [0.1, 0.15) is 0 Å². The second kappa shape index (κ2) is 5.87. The van der Waals surface area contributed by atoms with Crippen molar-refractivity contribution in [2.24, 2.45) is 5.92 Å². The van der Waals surface area contributed by atoms with Crippen LogP contribution in [-0.2, 0) is 4.79 Å². The number of carboxylic acid groups (broad SMARTS) is 1. The molecule has 4 heteroatoms. The number of hydrogen-bond acceptors (Lipinski definition) is 2. The van der Waals surface area contributed by atoms with Crippen LogP contribution in [0.1, 0.15) is 17.9 Å². The summed E-state index contributed by atoms with van der Waals surface area (Å²) in [7, 11) is 0. The third-order valence-corrected chi connectivity index (χ3v) is 2.97. The van der Waals surface area contributed by atoms with E-state index in [0.717, 1.165) is 13.0 Å². The van der Waals surface area contributed by atoms with E-state index < -0.39 is 5.97 Å². The normalized spacial score (nSPS) is 24.5. The second-order valence-electron chi connectivity index (χ2n) is 4.04. The van der Waals surface area contributed by atoms with Crippen LogP contribution >= 0.6 is 12.4 Å². The van der Waals surface area contributed by atoms with Crippen molar-refractivity contribution in [3.05, 3.63) is 35.9 Å². The lowest BCUT2D eigenvalue weighted by molar-refractivity contribution is -0.142. The van der Waals surface area contributed by atoms with Crippen molar-refractivity contribution in [1.29, 1.82) is 0 Å². The molecule has 0 bridgehead atoms. The average Bonchev–Trinajstić information content (AvgIpc) is 2.30. The van der Waals surface area contributed by atoms with Crippen LogP contribution in [0.2, 0.25) is 0 Å². The van der Waals surface area contributed by atoms with Crippen molar-refractivity contribution in [1.82, 2.24) is 5.32 Å². The van der Waals surface area contributed by atoms with Crippen molar-refractivity contribution < 1.29 is 9.90 Å². The van der Waals surface area contributed by atoms with Gasteiger partial charge in [-0.05, 0) is 17.9 Å². The first-order valence-corrected chi connectivity index (χ1v) is 5.26. The number of carbonyl (C=O) groups is 1. The Hall–Kier alpha value is -1.06. The van der Waals surface area contributed by atoms with Gasteiger partial charge in [-0.2, -0.15) is 0 Å². The molecular formula is C12H16ClNO2. The zero-order valence-electron chi connectivity index (χ0n) is 8.93. The molecule has 0 saturated carbocycles. The molecule has 2 N–H and O–H groups in total. The Morgan fingerprint density at radius 2 is 1.94 bits per heavy atom. The van der Waals surface area contributed by atoms with Gasteiger partial charge in [-0.15, -0.1) is 12.4 Å². The first-order chi connectivity index (χ1) is 7.27. The van der Waals surface area contributed by atoms with Crippen LogP contribution in [0.5, 0.6) is 0 Å². The van der Waals surface area contributed by atoms with E-state index in [1.807, 2.05) is 18.2 Å². The number of hydrogen-bond donors (Lipinski definition) is 2. The van der Waals surface area contributed by atoms with Crippen LogP contribution < -0.4 is 5.32 Å². The summed E-state index contributed by atoms with van der Waals surface area (Å²) in [4.78, 5) is 10.9. The summed E-state index contributed by atoms with van der Waals surface area (Å²) in [6, 6.07) is 10.1. The highest BCUT2D eigenvalue weighted by Crippen LogP contribution is 2.26. The molecule has 0 aliphatic carbocycles. The van der Waals surface area contributed by atoms with E-state index in [2.05, 4.69) is 17.4 Å². The highest BCUT2D eigenvalue weighted by Gasteiger charge is 2.27. The van der Waals surface area contributed by atoms with E-state index in [1.165, 1.54) is 5.56 Å². The molecule has 3 nitrogen and oxygen atoms in total. The predicted molar refractivity (Wildman–Crippen MR) is 65.0 cm³/mol. The number of benzene rings is 1. The zero-order chi connectivity index (χ0) is 10.7. The quantitative estimate of drug-likeness (QED) is 0.831. The summed E-state index contributed by atoms with van der Waals surface area (Å²) >= 11 is 0. The Morgan fingerprint density at radius 1 is 1.25 bits per heavy atom. The summed E-state index contributed by atoms with van der Waals surface area (Å²) < 4.78 is 0. The van der Waals surface area contributed by atoms with E-state index in [-0.39, 0.29) is 18.3 Å². The lowest BCUT2D eigenvalue weighted by Gasteiger charge is -2.27. The number of rotatable bonds is 2. The van der Waals surface area contributed by atoms with Gasteiger partial charge in [0.25, 0.3) is 0 Å².